The molecule has 59 heavy (non-hydrogen) atoms. The maximum atomic E-state index is 11.8. The van der Waals surface area contributed by atoms with E-state index in [4.69, 9.17) is 9.97 Å². The fraction of sp³-hybridized carbons (Fsp3) is 0.222. The zero-order valence-corrected chi connectivity index (χ0v) is 37.0. The number of pyridine rings is 1. The van der Waals surface area contributed by atoms with Crippen LogP contribution in [0.4, 0.5) is 0 Å². The predicted octanol–water partition coefficient (Wildman–Crippen LogP) is 13.7. The Hall–Kier alpha value is -5.57. The van der Waals surface area contributed by atoms with Crippen molar-refractivity contribution in [2.45, 2.75) is 78.1 Å². The fourth-order valence-corrected chi connectivity index (χ4v) is 8.43. The number of para-hydroxylation sites is 2. The van der Waals surface area contributed by atoms with Gasteiger partial charge in [0.25, 0.3) is 0 Å². The molecule has 0 fully saturated rings. The van der Waals surface area contributed by atoms with Crippen molar-refractivity contribution in [3.8, 4) is 67.5 Å². The van der Waals surface area contributed by atoms with Crippen molar-refractivity contribution < 1.29 is 26.2 Å². The number of benzene rings is 6. The van der Waals surface area contributed by atoms with Crippen LogP contribution < -0.4 is 0 Å². The van der Waals surface area contributed by atoms with Gasteiger partial charge in [0, 0.05) is 38.5 Å². The molecule has 0 amide bonds. The second kappa shape index (κ2) is 15.9. The van der Waals surface area contributed by atoms with Crippen LogP contribution in [-0.4, -0.2) is 19.6 Å². The molecule has 0 spiro atoms. The third-order valence-corrected chi connectivity index (χ3v) is 11.8. The maximum Gasteiger partial charge on any atom is 0.148 e. The van der Waals surface area contributed by atoms with Gasteiger partial charge < -0.3 is 5.11 Å². The topological polar surface area (TPSA) is 50.9 Å². The van der Waals surface area contributed by atoms with Gasteiger partial charge in [-0.2, -0.15) is 0 Å². The Morgan fingerprint density at radius 1 is 0.576 bits per heavy atom. The first kappa shape index (κ1) is 40.2. The second-order valence-electron chi connectivity index (χ2n) is 17.9. The van der Waals surface area contributed by atoms with Gasteiger partial charge in [0.15, 0.2) is 0 Å². The first-order valence-corrected chi connectivity index (χ1v) is 20.6. The molecule has 2 heterocycles. The van der Waals surface area contributed by atoms with Crippen molar-refractivity contribution in [2.75, 3.05) is 0 Å². The molecule has 4 nitrogen and oxygen atoms in total. The summed E-state index contributed by atoms with van der Waals surface area (Å²) in [6.07, 6.45) is 6.20. The van der Waals surface area contributed by atoms with E-state index in [1.165, 1.54) is 22.3 Å². The van der Waals surface area contributed by atoms with E-state index in [0.717, 1.165) is 98.4 Å². The molecule has 2 aromatic heterocycles. The van der Waals surface area contributed by atoms with Crippen molar-refractivity contribution in [2.24, 2.45) is 0 Å². The molecule has 0 aliphatic heterocycles. The van der Waals surface area contributed by atoms with Gasteiger partial charge in [-0.25, -0.2) is 4.98 Å². The van der Waals surface area contributed by atoms with Crippen LogP contribution in [0.5, 0.6) is 5.75 Å². The Morgan fingerprint density at radius 3 is 1.97 bits per heavy atom. The quantitative estimate of drug-likeness (QED) is 0.169. The number of hydrogen-bond donors (Lipinski definition) is 1. The summed E-state index contributed by atoms with van der Waals surface area (Å²) in [7, 11) is 0. The molecule has 0 saturated carbocycles. The average molecular weight is 952 g/mol. The zero-order chi connectivity index (χ0) is 40.2. The molecule has 1 aliphatic carbocycles. The third-order valence-electron chi connectivity index (χ3n) is 11.8. The van der Waals surface area contributed by atoms with Gasteiger partial charge in [0.05, 0.1) is 22.3 Å². The molecule has 0 saturated heterocycles. The van der Waals surface area contributed by atoms with E-state index < -0.39 is 0 Å². The molecular formula is C54H50N3OPt-. The Balaban J connectivity index is 0.00000484. The molecule has 0 unspecified atom stereocenters. The summed E-state index contributed by atoms with van der Waals surface area (Å²) in [6, 6.07) is 51.1. The van der Waals surface area contributed by atoms with Gasteiger partial charge in [-0.15, -0.1) is 29.3 Å². The molecule has 0 bridgehead atoms. The summed E-state index contributed by atoms with van der Waals surface area (Å²) in [6.45, 7) is 13.5. The van der Waals surface area contributed by atoms with E-state index in [2.05, 4.69) is 174 Å². The molecule has 8 aromatic rings. The number of phenols is 1. The molecular weight excluding hydrogens is 902 g/mol. The first-order chi connectivity index (χ1) is 27.9. The van der Waals surface area contributed by atoms with Gasteiger partial charge in [0.1, 0.15) is 11.6 Å². The normalized spacial score (nSPS) is 12.9. The first-order valence-electron chi connectivity index (χ1n) is 20.6. The standard InChI is InChI=1S/C54H50N3O.Pt/c1-53(2,3)42-25-23-35(24-26-42)39-27-28-55-47(33-39)41-29-40(30-43(31-41)54(4,5)6)45-20-14-22-49-51(45)56-52(46-32-37-17-10-11-18-38(37)34-50(46)58)57(49)48-21-13-12-19-44(48)36-15-8-7-9-16-36;/h7-9,12-16,19-28,30-34,58H,10-11,17-18H2,1-6H3;/q-1;. The van der Waals surface area contributed by atoms with Crippen LogP contribution in [0.1, 0.15) is 76.6 Å². The molecule has 9 rings (SSSR count). The van der Waals surface area contributed by atoms with E-state index in [1.54, 1.807) is 0 Å². The van der Waals surface area contributed by atoms with Crippen LogP contribution in [0, 0.1) is 6.07 Å². The summed E-state index contributed by atoms with van der Waals surface area (Å²) in [5.41, 5.74) is 16.8. The number of phenolic OH excluding ortho intramolecular Hbond substituents is 1. The number of rotatable bonds is 6. The maximum absolute atomic E-state index is 11.8. The van der Waals surface area contributed by atoms with E-state index in [1.807, 2.05) is 18.3 Å². The summed E-state index contributed by atoms with van der Waals surface area (Å²) < 4.78 is 2.25. The van der Waals surface area contributed by atoms with Gasteiger partial charge >= 0.3 is 0 Å². The third kappa shape index (κ3) is 7.84. The van der Waals surface area contributed by atoms with Crippen molar-refractivity contribution in [3.05, 3.63) is 168 Å². The smallest absolute Gasteiger partial charge is 0.148 e. The van der Waals surface area contributed by atoms with Crippen LogP contribution in [-0.2, 0) is 44.7 Å². The number of aromatic nitrogens is 3. The SMILES string of the molecule is CC(C)(C)c1ccc(-c2ccnc(-c3[c-]c(-c4cccc5c4nc(-c4cc6c(cc4O)CCCC6)n5-c4ccccc4-c4ccccc4)cc(C(C)(C)C)c3)c2)cc1.[Pt]. The largest absolute Gasteiger partial charge is 0.507 e. The number of aromatic hydroxyl groups is 1. The Morgan fingerprint density at radius 2 is 1.24 bits per heavy atom. The number of aryl methyl sites for hydroxylation is 2. The Labute approximate surface area is 363 Å². The van der Waals surface area contributed by atoms with Crippen molar-refractivity contribution in [3.63, 3.8) is 0 Å². The van der Waals surface area contributed by atoms with E-state index >= 15 is 0 Å². The van der Waals surface area contributed by atoms with Crippen LogP contribution >= 0.6 is 0 Å². The molecule has 6 aromatic carbocycles. The fourth-order valence-electron chi connectivity index (χ4n) is 8.43. The molecule has 1 N–H and O–H groups in total. The van der Waals surface area contributed by atoms with E-state index in [9.17, 15) is 5.11 Å². The molecule has 0 atom stereocenters. The van der Waals surface area contributed by atoms with Crippen LogP contribution in [0.2, 0.25) is 0 Å². The average Bonchev–Trinajstić information content (AvgIpc) is 3.62. The van der Waals surface area contributed by atoms with Crippen LogP contribution in [0.25, 0.3) is 72.7 Å². The van der Waals surface area contributed by atoms with Gasteiger partial charge in [-0.3, -0.25) is 9.55 Å². The summed E-state index contributed by atoms with van der Waals surface area (Å²) in [5, 5.41) is 11.8. The minimum absolute atomic E-state index is 0. The van der Waals surface area contributed by atoms with Crippen molar-refractivity contribution >= 4 is 11.0 Å². The van der Waals surface area contributed by atoms with Crippen LogP contribution in [0.3, 0.4) is 0 Å². The molecule has 298 valence electrons. The van der Waals surface area contributed by atoms with Crippen LogP contribution in [0.15, 0.2) is 140 Å². The zero-order valence-electron chi connectivity index (χ0n) is 34.7. The Kier molecular flexibility index (Phi) is 10.8. The summed E-state index contributed by atoms with van der Waals surface area (Å²) in [5.74, 6) is 0.981. The Bertz CT molecular complexity index is 2800. The second-order valence-corrected chi connectivity index (χ2v) is 17.9. The number of nitrogens with zero attached hydrogens (tertiary/aromatic N) is 3. The molecule has 5 heteroatoms. The minimum atomic E-state index is -0.138. The van der Waals surface area contributed by atoms with E-state index in [0.29, 0.717) is 0 Å². The summed E-state index contributed by atoms with van der Waals surface area (Å²) in [4.78, 5) is 10.4. The number of hydrogen-bond acceptors (Lipinski definition) is 3. The molecule has 0 radical (unpaired) electrons. The van der Waals surface area contributed by atoms with E-state index in [-0.39, 0.29) is 37.6 Å². The molecule has 1 aliphatic rings. The minimum Gasteiger partial charge on any atom is -0.507 e. The predicted molar refractivity (Wildman–Crippen MR) is 241 cm³/mol. The monoisotopic (exact) mass is 951 g/mol. The van der Waals surface area contributed by atoms with Gasteiger partial charge in [-0.1, -0.05) is 144 Å². The number of fused-ring (bicyclic) bond motifs is 2. The summed E-state index contributed by atoms with van der Waals surface area (Å²) >= 11 is 0. The van der Waals surface area contributed by atoms with Gasteiger partial charge in [0.2, 0.25) is 0 Å². The van der Waals surface area contributed by atoms with Crippen molar-refractivity contribution in [1.82, 2.24) is 14.5 Å². The number of imidazole rings is 1. The van der Waals surface area contributed by atoms with Gasteiger partial charge in [-0.05, 0) is 100 Å². The van der Waals surface area contributed by atoms with Crippen molar-refractivity contribution in [1.29, 1.82) is 0 Å².